The monoisotopic (exact) mass is 248 g/mol. The van der Waals surface area contributed by atoms with E-state index in [1.165, 1.54) is 17.3 Å². The number of hydrogen-bond acceptors (Lipinski definition) is 3. The zero-order valence-corrected chi connectivity index (χ0v) is 10.2. The van der Waals surface area contributed by atoms with Gasteiger partial charge in [0.15, 0.2) is 0 Å². The number of amides is 1. The molecule has 1 aromatic heterocycles. The number of rotatable bonds is 6. The zero-order valence-electron chi connectivity index (χ0n) is 10.2. The minimum Gasteiger partial charge on any atom is -0.481 e. The molecule has 0 bridgehead atoms. The molecule has 0 aliphatic heterocycles. The number of carboxylic acids is 1. The molecule has 5 heteroatoms. The Bertz CT molecular complexity index is 431. The normalized spacial score (nSPS) is 11.6. The first-order valence-electron chi connectivity index (χ1n) is 5.59. The van der Waals surface area contributed by atoms with Gasteiger partial charge in [-0.15, -0.1) is 6.58 Å². The lowest BCUT2D eigenvalue weighted by Crippen LogP contribution is -2.37. The lowest BCUT2D eigenvalue weighted by Gasteiger charge is -2.23. The van der Waals surface area contributed by atoms with Crippen molar-refractivity contribution in [3.63, 3.8) is 0 Å². The molecule has 1 amide bonds. The second-order valence-electron chi connectivity index (χ2n) is 3.97. The SMILES string of the molecule is C=CCN(CC(C)C(=O)O)C(=O)c1ccncc1. The quantitative estimate of drug-likeness (QED) is 0.773. The van der Waals surface area contributed by atoms with E-state index in [-0.39, 0.29) is 12.5 Å². The van der Waals surface area contributed by atoms with E-state index >= 15 is 0 Å². The molecule has 0 aromatic carbocycles. The highest BCUT2D eigenvalue weighted by Gasteiger charge is 2.20. The van der Waals surface area contributed by atoms with Crippen LogP contribution in [0.2, 0.25) is 0 Å². The topological polar surface area (TPSA) is 70.5 Å². The van der Waals surface area contributed by atoms with Crippen molar-refractivity contribution >= 4 is 11.9 Å². The fourth-order valence-corrected chi connectivity index (χ4v) is 1.48. The summed E-state index contributed by atoms with van der Waals surface area (Å²) < 4.78 is 0. The second-order valence-corrected chi connectivity index (χ2v) is 3.97. The van der Waals surface area contributed by atoms with Gasteiger partial charge < -0.3 is 10.0 Å². The van der Waals surface area contributed by atoms with Gasteiger partial charge in [0, 0.05) is 31.0 Å². The molecule has 1 heterocycles. The Balaban J connectivity index is 2.82. The summed E-state index contributed by atoms with van der Waals surface area (Å²) in [4.78, 5) is 28.3. The molecule has 0 radical (unpaired) electrons. The number of pyridine rings is 1. The molecule has 1 unspecified atom stereocenters. The van der Waals surface area contributed by atoms with Crippen molar-refractivity contribution in [2.45, 2.75) is 6.92 Å². The molecule has 96 valence electrons. The van der Waals surface area contributed by atoms with Gasteiger partial charge in [0.2, 0.25) is 0 Å². The maximum Gasteiger partial charge on any atom is 0.308 e. The number of nitrogens with zero attached hydrogens (tertiary/aromatic N) is 2. The lowest BCUT2D eigenvalue weighted by molar-refractivity contribution is -0.141. The molecule has 0 aliphatic carbocycles. The highest BCUT2D eigenvalue weighted by atomic mass is 16.4. The Morgan fingerprint density at radius 3 is 2.61 bits per heavy atom. The molecule has 1 N–H and O–H groups in total. The smallest absolute Gasteiger partial charge is 0.308 e. The average Bonchev–Trinajstić information content (AvgIpc) is 2.38. The Morgan fingerprint density at radius 1 is 1.50 bits per heavy atom. The molecule has 1 aromatic rings. The third-order valence-corrected chi connectivity index (χ3v) is 2.48. The molecule has 1 rings (SSSR count). The van der Waals surface area contributed by atoms with Gasteiger partial charge in [0.25, 0.3) is 5.91 Å². The molecule has 0 fully saturated rings. The summed E-state index contributed by atoms with van der Waals surface area (Å²) in [5.74, 6) is -1.76. The molecular weight excluding hydrogens is 232 g/mol. The summed E-state index contributed by atoms with van der Waals surface area (Å²) in [6, 6.07) is 3.20. The third-order valence-electron chi connectivity index (χ3n) is 2.48. The molecule has 0 saturated carbocycles. The van der Waals surface area contributed by atoms with Crippen LogP contribution in [0.4, 0.5) is 0 Å². The largest absolute Gasteiger partial charge is 0.481 e. The molecule has 5 nitrogen and oxygen atoms in total. The number of carbonyl (C=O) groups excluding carboxylic acids is 1. The molecule has 0 aliphatic rings. The Labute approximate surface area is 106 Å². The highest BCUT2D eigenvalue weighted by Crippen LogP contribution is 2.07. The number of carbonyl (C=O) groups is 2. The molecule has 0 saturated heterocycles. The average molecular weight is 248 g/mol. The molecule has 1 atom stereocenters. The number of hydrogen-bond donors (Lipinski definition) is 1. The van der Waals surface area contributed by atoms with Crippen molar-refractivity contribution in [2.24, 2.45) is 5.92 Å². The standard InChI is InChI=1S/C13H16N2O3/c1-3-8-15(9-10(2)13(17)18)12(16)11-4-6-14-7-5-11/h3-7,10H,1,8-9H2,2H3,(H,17,18). The number of aliphatic carboxylic acids is 1. The van der Waals surface area contributed by atoms with Crippen molar-refractivity contribution in [3.05, 3.63) is 42.7 Å². The van der Waals surface area contributed by atoms with Gasteiger partial charge in [-0.25, -0.2) is 0 Å². The van der Waals surface area contributed by atoms with Crippen LogP contribution in [0.25, 0.3) is 0 Å². The van der Waals surface area contributed by atoms with Crippen LogP contribution in [0, 0.1) is 5.92 Å². The molecular formula is C13H16N2O3. The van der Waals surface area contributed by atoms with Gasteiger partial charge in [-0.1, -0.05) is 13.0 Å². The third kappa shape index (κ3) is 3.69. The zero-order chi connectivity index (χ0) is 13.5. The van der Waals surface area contributed by atoms with E-state index in [0.29, 0.717) is 12.1 Å². The van der Waals surface area contributed by atoms with Crippen LogP contribution in [0.5, 0.6) is 0 Å². The Morgan fingerprint density at radius 2 is 2.11 bits per heavy atom. The van der Waals surface area contributed by atoms with Crippen LogP contribution in [0.15, 0.2) is 37.2 Å². The van der Waals surface area contributed by atoms with E-state index in [0.717, 1.165) is 0 Å². The Hall–Kier alpha value is -2.17. The summed E-state index contributed by atoms with van der Waals surface area (Å²) in [5.41, 5.74) is 0.490. The fraction of sp³-hybridized carbons (Fsp3) is 0.308. The van der Waals surface area contributed by atoms with Crippen LogP contribution in [0.1, 0.15) is 17.3 Å². The second kappa shape index (κ2) is 6.54. The van der Waals surface area contributed by atoms with Crippen LogP contribution >= 0.6 is 0 Å². The summed E-state index contributed by atoms with van der Waals surface area (Å²) >= 11 is 0. The maximum atomic E-state index is 12.2. The van der Waals surface area contributed by atoms with E-state index in [1.54, 1.807) is 25.1 Å². The highest BCUT2D eigenvalue weighted by molar-refractivity contribution is 5.94. The Kier molecular flexibility index (Phi) is 5.05. The number of carboxylic acid groups (broad SMARTS) is 1. The van der Waals surface area contributed by atoms with E-state index in [4.69, 9.17) is 5.11 Å². The van der Waals surface area contributed by atoms with E-state index in [1.807, 2.05) is 0 Å². The summed E-state index contributed by atoms with van der Waals surface area (Å²) in [5, 5.41) is 8.88. The van der Waals surface area contributed by atoms with Crippen molar-refractivity contribution in [2.75, 3.05) is 13.1 Å². The van der Waals surface area contributed by atoms with E-state index < -0.39 is 11.9 Å². The van der Waals surface area contributed by atoms with E-state index in [2.05, 4.69) is 11.6 Å². The van der Waals surface area contributed by atoms with Crippen LogP contribution in [-0.2, 0) is 4.79 Å². The van der Waals surface area contributed by atoms with Gasteiger partial charge >= 0.3 is 5.97 Å². The minimum atomic E-state index is -0.924. The summed E-state index contributed by atoms with van der Waals surface area (Å²) in [6.45, 7) is 5.62. The van der Waals surface area contributed by atoms with E-state index in [9.17, 15) is 9.59 Å². The van der Waals surface area contributed by atoms with Gasteiger partial charge in [-0.3, -0.25) is 14.6 Å². The first-order valence-corrected chi connectivity index (χ1v) is 5.59. The predicted molar refractivity (Wildman–Crippen MR) is 67.1 cm³/mol. The minimum absolute atomic E-state index is 0.155. The van der Waals surface area contributed by atoms with Crippen molar-refractivity contribution in [1.29, 1.82) is 0 Å². The number of aromatic nitrogens is 1. The molecule has 0 spiro atoms. The van der Waals surface area contributed by atoms with Crippen LogP contribution in [0.3, 0.4) is 0 Å². The fourth-order valence-electron chi connectivity index (χ4n) is 1.48. The van der Waals surface area contributed by atoms with Gasteiger partial charge in [0.05, 0.1) is 5.92 Å². The van der Waals surface area contributed by atoms with Crippen LogP contribution in [-0.4, -0.2) is 40.0 Å². The first-order chi connectivity index (χ1) is 8.56. The van der Waals surface area contributed by atoms with Crippen molar-refractivity contribution in [3.8, 4) is 0 Å². The van der Waals surface area contributed by atoms with Gasteiger partial charge in [0.1, 0.15) is 0 Å². The van der Waals surface area contributed by atoms with Crippen molar-refractivity contribution in [1.82, 2.24) is 9.88 Å². The van der Waals surface area contributed by atoms with Gasteiger partial charge in [-0.05, 0) is 12.1 Å². The van der Waals surface area contributed by atoms with Crippen LogP contribution < -0.4 is 0 Å². The predicted octanol–water partition coefficient (Wildman–Crippen LogP) is 1.43. The summed E-state index contributed by atoms with van der Waals surface area (Å²) in [6.07, 6.45) is 4.63. The lowest BCUT2D eigenvalue weighted by atomic mass is 10.1. The first kappa shape index (κ1) is 13.9. The molecule has 18 heavy (non-hydrogen) atoms. The summed E-state index contributed by atoms with van der Waals surface area (Å²) in [7, 11) is 0. The maximum absolute atomic E-state index is 12.2. The van der Waals surface area contributed by atoms with Crippen molar-refractivity contribution < 1.29 is 14.7 Å². The van der Waals surface area contributed by atoms with Gasteiger partial charge in [-0.2, -0.15) is 0 Å².